The van der Waals surface area contributed by atoms with Crippen molar-refractivity contribution >= 4 is 23.5 Å². The summed E-state index contributed by atoms with van der Waals surface area (Å²) in [4.78, 5) is 31.0. The zero-order valence-electron chi connectivity index (χ0n) is 15.3. The standard InChI is InChI=1S/C18H22ClN3O4/c1-5-25-15-14(17(24)26-6-2)20-18(22(4)16(15)23)21(3)11-12-7-9-13(19)10-8-12/h7-10H,5-6,11H2,1-4H3. The van der Waals surface area contributed by atoms with E-state index in [2.05, 4.69) is 4.98 Å². The van der Waals surface area contributed by atoms with E-state index < -0.39 is 11.5 Å². The molecule has 7 nitrogen and oxygen atoms in total. The van der Waals surface area contributed by atoms with E-state index in [4.69, 9.17) is 21.1 Å². The van der Waals surface area contributed by atoms with Gasteiger partial charge >= 0.3 is 5.97 Å². The molecule has 0 bridgehead atoms. The predicted molar refractivity (Wildman–Crippen MR) is 100 cm³/mol. The van der Waals surface area contributed by atoms with E-state index in [1.165, 1.54) is 4.57 Å². The minimum atomic E-state index is -0.685. The summed E-state index contributed by atoms with van der Waals surface area (Å²) in [7, 11) is 3.37. The molecule has 1 aromatic carbocycles. The summed E-state index contributed by atoms with van der Waals surface area (Å²) in [6.45, 7) is 4.32. The lowest BCUT2D eigenvalue weighted by Gasteiger charge is -2.22. The first-order valence-corrected chi connectivity index (χ1v) is 8.63. The number of halogens is 1. The normalized spacial score (nSPS) is 10.5. The van der Waals surface area contributed by atoms with Crippen LogP contribution in [0.5, 0.6) is 5.75 Å². The Bertz CT molecular complexity index is 834. The Morgan fingerprint density at radius 3 is 2.46 bits per heavy atom. The van der Waals surface area contributed by atoms with Crippen molar-refractivity contribution in [2.24, 2.45) is 7.05 Å². The maximum atomic E-state index is 12.7. The number of rotatable bonds is 7. The number of aromatic nitrogens is 2. The molecule has 0 radical (unpaired) electrons. The van der Waals surface area contributed by atoms with Crippen LogP contribution in [-0.4, -0.2) is 35.8 Å². The number of benzene rings is 1. The molecule has 0 amide bonds. The highest BCUT2D eigenvalue weighted by Gasteiger charge is 2.24. The van der Waals surface area contributed by atoms with Gasteiger partial charge in [0, 0.05) is 25.7 Å². The van der Waals surface area contributed by atoms with Gasteiger partial charge in [0.15, 0.2) is 5.69 Å². The van der Waals surface area contributed by atoms with Crippen LogP contribution in [0.4, 0.5) is 5.95 Å². The molecule has 0 aliphatic heterocycles. The third kappa shape index (κ3) is 4.35. The summed E-state index contributed by atoms with van der Waals surface area (Å²) in [6, 6.07) is 7.36. The monoisotopic (exact) mass is 379 g/mol. The Morgan fingerprint density at radius 1 is 1.23 bits per heavy atom. The molecule has 0 saturated carbocycles. The Morgan fingerprint density at radius 2 is 1.88 bits per heavy atom. The van der Waals surface area contributed by atoms with E-state index in [9.17, 15) is 9.59 Å². The average Bonchev–Trinajstić information content (AvgIpc) is 2.61. The molecule has 1 aromatic heterocycles. The third-order valence-electron chi connectivity index (χ3n) is 3.66. The second kappa shape index (κ2) is 8.71. The summed E-state index contributed by atoms with van der Waals surface area (Å²) in [5, 5.41) is 0.646. The van der Waals surface area contributed by atoms with Gasteiger partial charge in [-0.1, -0.05) is 23.7 Å². The SMILES string of the molecule is CCOC(=O)c1nc(N(C)Cc2ccc(Cl)cc2)n(C)c(=O)c1OCC. The Kier molecular flexibility index (Phi) is 6.63. The molecule has 0 unspecified atom stereocenters. The molecule has 0 spiro atoms. The molecule has 1 heterocycles. The largest absolute Gasteiger partial charge is 0.486 e. The minimum Gasteiger partial charge on any atom is -0.486 e. The van der Waals surface area contributed by atoms with Crippen molar-refractivity contribution in [3.05, 3.63) is 50.9 Å². The maximum absolute atomic E-state index is 12.7. The predicted octanol–water partition coefficient (Wildman–Crippen LogP) is 2.65. The lowest BCUT2D eigenvalue weighted by molar-refractivity contribution is 0.0513. The van der Waals surface area contributed by atoms with Gasteiger partial charge in [0.2, 0.25) is 11.7 Å². The zero-order valence-corrected chi connectivity index (χ0v) is 16.0. The first kappa shape index (κ1) is 19.8. The van der Waals surface area contributed by atoms with E-state index >= 15 is 0 Å². The molecule has 0 N–H and O–H groups in total. The van der Waals surface area contributed by atoms with Crippen LogP contribution in [0.3, 0.4) is 0 Å². The van der Waals surface area contributed by atoms with E-state index in [1.807, 2.05) is 12.1 Å². The molecule has 0 atom stereocenters. The van der Waals surface area contributed by atoms with Crippen LogP contribution < -0.4 is 15.2 Å². The highest BCUT2D eigenvalue weighted by Crippen LogP contribution is 2.19. The number of hydrogen-bond acceptors (Lipinski definition) is 6. The van der Waals surface area contributed by atoms with Gasteiger partial charge in [-0.3, -0.25) is 9.36 Å². The summed E-state index contributed by atoms with van der Waals surface area (Å²) < 4.78 is 11.7. The number of carbonyl (C=O) groups is 1. The third-order valence-corrected chi connectivity index (χ3v) is 3.91. The molecule has 26 heavy (non-hydrogen) atoms. The summed E-state index contributed by atoms with van der Waals surface area (Å²) in [5.41, 5.74) is 0.426. The van der Waals surface area contributed by atoms with Crippen molar-refractivity contribution in [1.29, 1.82) is 0 Å². The van der Waals surface area contributed by atoms with Crippen molar-refractivity contribution in [3.8, 4) is 5.75 Å². The van der Waals surface area contributed by atoms with E-state index in [-0.39, 0.29) is 24.7 Å². The van der Waals surface area contributed by atoms with Crippen molar-refractivity contribution in [2.45, 2.75) is 20.4 Å². The first-order valence-electron chi connectivity index (χ1n) is 8.25. The molecule has 2 aromatic rings. The van der Waals surface area contributed by atoms with E-state index in [0.717, 1.165) is 5.56 Å². The van der Waals surface area contributed by atoms with E-state index in [1.54, 1.807) is 45.0 Å². The number of carbonyl (C=O) groups excluding carboxylic acids is 1. The second-order valence-electron chi connectivity index (χ2n) is 5.59. The van der Waals surface area contributed by atoms with Crippen molar-refractivity contribution in [3.63, 3.8) is 0 Å². The van der Waals surface area contributed by atoms with Gasteiger partial charge in [-0.25, -0.2) is 9.78 Å². The fourth-order valence-electron chi connectivity index (χ4n) is 2.46. The molecule has 0 saturated heterocycles. The van der Waals surface area contributed by atoms with Crippen LogP contribution in [0, 0.1) is 0 Å². The molecule has 8 heteroatoms. The molecule has 0 fully saturated rings. The lowest BCUT2D eigenvalue weighted by atomic mass is 10.2. The topological polar surface area (TPSA) is 73.7 Å². The van der Waals surface area contributed by atoms with Gasteiger partial charge in [-0.15, -0.1) is 0 Å². The van der Waals surface area contributed by atoms with Crippen LogP contribution in [-0.2, 0) is 18.3 Å². The number of ether oxygens (including phenoxy) is 2. The zero-order chi connectivity index (χ0) is 19.3. The Hall–Kier alpha value is -2.54. The summed E-state index contributed by atoms with van der Waals surface area (Å²) in [6.07, 6.45) is 0. The Labute approximate surface area is 157 Å². The quantitative estimate of drug-likeness (QED) is 0.688. The number of anilines is 1. The van der Waals surface area contributed by atoms with Crippen LogP contribution >= 0.6 is 11.6 Å². The van der Waals surface area contributed by atoms with Crippen LogP contribution in [0.15, 0.2) is 29.1 Å². The number of hydrogen-bond donors (Lipinski definition) is 0. The first-order chi connectivity index (χ1) is 12.4. The van der Waals surface area contributed by atoms with Crippen molar-refractivity contribution in [1.82, 2.24) is 9.55 Å². The smallest absolute Gasteiger partial charge is 0.361 e. The van der Waals surface area contributed by atoms with Crippen LogP contribution in [0.25, 0.3) is 0 Å². The highest BCUT2D eigenvalue weighted by atomic mass is 35.5. The molecule has 2 rings (SSSR count). The molecule has 140 valence electrons. The van der Waals surface area contributed by atoms with Gasteiger partial charge < -0.3 is 14.4 Å². The van der Waals surface area contributed by atoms with Gasteiger partial charge in [0.1, 0.15) is 0 Å². The minimum absolute atomic E-state index is 0.0999. The highest BCUT2D eigenvalue weighted by molar-refractivity contribution is 6.30. The summed E-state index contributed by atoms with van der Waals surface area (Å²) in [5.74, 6) is -0.455. The van der Waals surface area contributed by atoms with Gasteiger partial charge in [-0.2, -0.15) is 0 Å². The van der Waals surface area contributed by atoms with Crippen LogP contribution in [0.2, 0.25) is 5.02 Å². The van der Waals surface area contributed by atoms with Crippen molar-refractivity contribution in [2.75, 3.05) is 25.2 Å². The van der Waals surface area contributed by atoms with Gasteiger partial charge in [0.25, 0.3) is 5.56 Å². The number of nitrogens with zero attached hydrogens (tertiary/aromatic N) is 3. The molecular formula is C18H22ClN3O4. The summed E-state index contributed by atoms with van der Waals surface area (Å²) >= 11 is 5.91. The van der Waals surface area contributed by atoms with Crippen molar-refractivity contribution < 1.29 is 14.3 Å². The fraction of sp³-hybridized carbons (Fsp3) is 0.389. The Balaban J connectivity index is 2.45. The van der Waals surface area contributed by atoms with E-state index in [0.29, 0.717) is 17.5 Å². The number of esters is 1. The molecule has 0 aliphatic rings. The average molecular weight is 380 g/mol. The van der Waals surface area contributed by atoms with Gasteiger partial charge in [0.05, 0.1) is 13.2 Å². The molecule has 0 aliphatic carbocycles. The van der Waals surface area contributed by atoms with Gasteiger partial charge in [-0.05, 0) is 31.5 Å². The molecular weight excluding hydrogens is 358 g/mol. The lowest BCUT2D eigenvalue weighted by Crippen LogP contribution is -2.31. The maximum Gasteiger partial charge on any atom is 0.361 e. The fourth-order valence-corrected chi connectivity index (χ4v) is 2.58. The van der Waals surface area contributed by atoms with Crippen LogP contribution in [0.1, 0.15) is 29.9 Å². The second-order valence-corrected chi connectivity index (χ2v) is 6.03.